The predicted molar refractivity (Wildman–Crippen MR) is 188 cm³/mol. The molecule has 0 atom stereocenters. The molecule has 2 heteroatoms. The second kappa shape index (κ2) is 14.0. The highest BCUT2D eigenvalue weighted by Gasteiger charge is 2.14. The maximum Gasteiger partial charge on any atom is 0.118 e. The van der Waals surface area contributed by atoms with E-state index in [0.29, 0.717) is 6.54 Å². The van der Waals surface area contributed by atoms with Crippen LogP contribution in [0.4, 0.5) is 5.69 Å². The molecule has 0 aliphatic heterocycles. The first-order valence-corrected chi connectivity index (χ1v) is 14.9. The van der Waals surface area contributed by atoms with Gasteiger partial charge in [-0.15, -0.1) is 0 Å². The van der Waals surface area contributed by atoms with Gasteiger partial charge in [-0.3, -0.25) is 0 Å². The molecule has 6 aromatic carbocycles. The molecule has 2 nitrogen and oxygen atoms in total. The highest BCUT2D eigenvalue weighted by molar-refractivity contribution is 6.00. The van der Waals surface area contributed by atoms with Crippen LogP contribution in [0.5, 0.6) is 5.75 Å². The molecule has 0 saturated carbocycles. The number of anilines is 1. The lowest BCUT2D eigenvalue weighted by Crippen LogP contribution is -2.17. The van der Waals surface area contributed by atoms with Gasteiger partial charge in [-0.25, -0.2) is 0 Å². The summed E-state index contributed by atoms with van der Waals surface area (Å²) in [4.78, 5) is 2.38. The van der Waals surface area contributed by atoms with Gasteiger partial charge in [0.15, 0.2) is 0 Å². The molecule has 0 fully saturated rings. The van der Waals surface area contributed by atoms with Gasteiger partial charge in [0.05, 0.1) is 7.11 Å². The number of fused-ring (bicyclic) bond motifs is 1. The van der Waals surface area contributed by atoms with Crippen molar-refractivity contribution in [3.8, 4) is 5.75 Å². The van der Waals surface area contributed by atoms with Crippen molar-refractivity contribution in [3.63, 3.8) is 0 Å². The second-order valence-electron chi connectivity index (χ2n) is 10.6. The van der Waals surface area contributed by atoms with Crippen molar-refractivity contribution in [1.29, 1.82) is 0 Å². The molecule has 6 rings (SSSR count). The molecule has 44 heavy (non-hydrogen) atoms. The number of methoxy groups -OCH3 is 1. The van der Waals surface area contributed by atoms with Crippen molar-refractivity contribution in [2.45, 2.75) is 6.54 Å². The fourth-order valence-electron chi connectivity index (χ4n) is 5.43. The summed E-state index contributed by atoms with van der Waals surface area (Å²) < 4.78 is 5.44. The topological polar surface area (TPSA) is 12.5 Å². The van der Waals surface area contributed by atoms with Crippen molar-refractivity contribution in [2.24, 2.45) is 0 Å². The zero-order valence-corrected chi connectivity index (χ0v) is 24.9. The minimum absolute atomic E-state index is 0.701. The Kier molecular flexibility index (Phi) is 9.10. The number of nitrogens with zero attached hydrogens (tertiary/aromatic N) is 1. The number of hydrogen-bond acceptors (Lipinski definition) is 2. The molecule has 0 saturated heterocycles. The van der Waals surface area contributed by atoms with Gasteiger partial charge in [-0.2, -0.15) is 0 Å². The van der Waals surface area contributed by atoms with E-state index in [0.717, 1.165) is 11.4 Å². The summed E-state index contributed by atoms with van der Waals surface area (Å²) in [5.74, 6) is 0.855. The first-order chi connectivity index (χ1) is 21.8. The van der Waals surface area contributed by atoms with Crippen LogP contribution in [-0.2, 0) is 6.54 Å². The normalized spacial score (nSPS) is 11.2. The molecule has 0 N–H and O–H groups in total. The quantitative estimate of drug-likeness (QED) is 0.152. The fourth-order valence-corrected chi connectivity index (χ4v) is 5.43. The number of hydrogen-bond donors (Lipinski definition) is 0. The number of allylic oxidation sites excluding steroid dienone is 2. The van der Waals surface area contributed by atoms with Gasteiger partial charge in [-0.1, -0.05) is 158 Å². The van der Waals surface area contributed by atoms with Crippen LogP contribution in [0, 0.1) is 0 Å². The Hall–Kier alpha value is -5.60. The van der Waals surface area contributed by atoms with Gasteiger partial charge < -0.3 is 9.64 Å². The second-order valence-corrected chi connectivity index (χ2v) is 10.6. The molecule has 0 bridgehead atoms. The summed E-state index contributed by atoms with van der Waals surface area (Å²) in [7, 11) is 1.70. The van der Waals surface area contributed by atoms with E-state index in [1.54, 1.807) is 7.11 Å². The van der Waals surface area contributed by atoms with Crippen molar-refractivity contribution < 1.29 is 4.74 Å². The smallest absolute Gasteiger partial charge is 0.118 e. The Labute approximate surface area is 260 Å². The van der Waals surface area contributed by atoms with E-state index in [9.17, 15) is 0 Å². The molecule has 0 aromatic heterocycles. The summed E-state index contributed by atoms with van der Waals surface area (Å²) >= 11 is 0. The van der Waals surface area contributed by atoms with Crippen LogP contribution in [0.25, 0.3) is 28.5 Å². The third-order valence-electron chi connectivity index (χ3n) is 7.69. The van der Waals surface area contributed by atoms with E-state index < -0.39 is 0 Å². The third-order valence-corrected chi connectivity index (χ3v) is 7.69. The summed E-state index contributed by atoms with van der Waals surface area (Å²) in [6, 6.07) is 53.1. The van der Waals surface area contributed by atoms with Gasteiger partial charge in [0.25, 0.3) is 0 Å². The summed E-state index contributed by atoms with van der Waals surface area (Å²) in [6.45, 7) is 0.701. The lowest BCUT2D eigenvalue weighted by atomic mass is 9.97. The lowest BCUT2D eigenvalue weighted by molar-refractivity contribution is 0.414. The van der Waals surface area contributed by atoms with Gasteiger partial charge in [0.1, 0.15) is 5.75 Å². The minimum Gasteiger partial charge on any atom is -0.497 e. The van der Waals surface area contributed by atoms with E-state index >= 15 is 0 Å². The Morgan fingerprint density at radius 3 is 1.77 bits per heavy atom. The van der Waals surface area contributed by atoms with E-state index in [-0.39, 0.29) is 0 Å². The van der Waals surface area contributed by atoms with E-state index in [4.69, 9.17) is 4.74 Å². The fraction of sp³-hybridized carbons (Fsp3) is 0.0476. The van der Waals surface area contributed by atoms with Crippen LogP contribution < -0.4 is 9.64 Å². The van der Waals surface area contributed by atoms with Crippen LogP contribution in [0.3, 0.4) is 0 Å². The molecular weight excluding hydrogens is 534 g/mol. The maximum atomic E-state index is 5.44. The molecule has 6 aromatic rings. The van der Waals surface area contributed by atoms with E-state index in [1.807, 2.05) is 18.2 Å². The molecule has 0 aliphatic carbocycles. The predicted octanol–water partition coefficient (Wildman–Crippen LogP) is 10.7. The molecule has 0 heterocycles. The van der Waals surface area contributed by atoms with Crippen LogP contribution >= 0.6 is 0 Å². The molecule has 0 aliphatic rings. The van der Waals surface area contributed by atoms with Gasteiger partial charge in [0.2, 0.25) is 0 Å². The minimum atomic E-state index is 0.701. The SMILES string of the molecule is COc1ccc(CN(C=C(c2ccccc2)c2ccccc2)c2ccc(C=CC=Cc3ccccc3)c3ccccc23)cc1. The molecule has 0 amide bonds. The van der Waals surface area contributed by atoms with Crippen LogP contribution in [-0.4, -0.2) is 7.11 Å². The molecule has 214 valence electrons. The molecule has 0 spiro atoms. The van der Waals surface area contributed by atoms with Gasteiger partial charge in [-0.05, 0) is 51.4 Å². The lowest BCUT2D eigenvalue weighted by Gasteiger charge is -2.25. The van der Waals surface area contributed by atoms with Crippen molar-refractivity contribution in [2.75, 3.05) is 12.0 Å². The van der Waals surface area contributed by atoms with Crippen molar-refractivity contribution >= 4 is 34.2 Å². The molecule has 0 unspecified atom stereocenters. The average Bonchev–Trinajstić information content (AvgIpc) is 3.10. The highest BCUT2D eigenvalue weighted by Crippen LogP contribution is 2.34. The summed E-state index contributed by atoms with van der Waals surface area (Å²) in [5, 5.41) is 2.41. The number of rotatable bonds is 10. The van der Waals surface area contributed by atoms with Crippen molar-refractivity contribution in [1.82, 2.24) is 0 Å². The Balaban J connectivity index is 1.45. The largest absolute Gasteiger partial charge is 0.497 e. The molecular formula is C42H35NO. The number of ether oxygens (including phenoxy) is 1. The highest BCUT2D eigenvalue weighted by atomic mass is 16.5. The van der Waals surface area contributed by atoms with E-state index in [2.05, 4.69) is 169 Å². The summed E-state index contributed by atoms with van der Waals surface area (Å²) in [6.07, 6.45) is 10.8. The monoisotopic (exact) mass is 569 g/mol. The van der Waals surface area contributed by atoms with Crippen LogP contribution in [0.15, 0.2) is 170 Å². The zero-order valence-electron chi connectivity index (χ0n) is 24.9. The van der Waals surface area contributed by atoms with E-state index in [1.165, 1.54) is 44.2 Å². The Morgan fingerprint density at radius 1 is 0.568 bits per heavy atom. The molecule has 0 radical (unpaired) electrons. The van der Waals surface area contributed by atoms with Crippen LogP contribution in [0.2, 0.25) is 0 Å². The Morgan fingerprint density at radius 2 is 1.14 bits per heavy atom. The first kappa shape index (κ1) is 28.5. The van der Waals surface area contributed by atoms with Crippen LogP contribution in [0.1, 0.15) is 27.8 Å². The van der Waals surface area contributed by atoms with Crippen molar-refractivity contribution in [3.05, 3.63) is 198 Å². The number of benzene rings is 6. The average molecular weight is 570 g/mol. The first-order valence-electron chi connectivity index (χ1n) is 14.9. The standard InChI is InChI=1S/C42H35NO/c1-44-38-28-25-34(26-29-38)31-43(32-41(35-18-7-3-8-19-35)36-20-9-4-10-21-36)42-30-27-37(39-23-13-14-24-40(39)42)22-12-11-17-33-15-5-2-6-16-33/h2-30,32H,31H2,1H3. The summed E-state index contributed by atoms with van der Waals surface area (Å²) in [5.41, 5.74) is 8.23. The third kappa shape index (κ3) is 6.88. The van der Waals surface area contributed by atoms with Gasteiger partial charge in [0, 0.05) is 29.4 Å². The Bertz CT molecular complexity index is 1850. The maximum absolute atomic E-state index is 5.44. The van der Waals surface area contributed by atoms with Gasteiger partial charge >= 0.3 is 0 Å². The zero-order chi connectivity index (χ0) is 30.0.